The molecule has 0 spiro atoms. The van der Waals surface area contributed by atoms with Crippen molar-refractivity contribution in [2.24, 2.45) is 5.92 Å². The second kappa shape index (κ2) is 9.59. The molecule has 1 aliphatic carbocycles. The van der Waals surface area contributed by atoms with Crippen LogP contribution in [0.3, 0.4) is 0 Å². The number of esters is 1. The first-order chi connectivity index (χ1) is 10.0. The molecule has 0 unspecified atom stereocenters. The van der Waals surface area contributed by atoms with Crippen molar-refractivity contribution >= 4 is 5.97 Å². The number of hydrogen-bond donors (Lipinski definition) is 0. The van der Waals surface area contributed by atoms with Gasteiger partial charge in [-0.2, -0.15) is 0 Å². The maximum atomic E-state index is 11.6. The molecule has 0 radical (unpaired) electrons. The molecule has 1 rings (SSSR count). The summed E-state index contributed by atoms with van der Waals surface area (Å²) in [6, 6.07) is 0. The third-order valence-electron chi connectivity index (χ3n) is 3.71. The number of carbonyl (C=O) groups excluding carboxylic acids is 1. The fourth-order valence-corrected chi connectivity index (χ4v) is 2.36. The molecule has 0 heterocycles. The first-order valence-corrected chi connectivity index (χ1v) is 8.19. The minimum atomic E-state index is -0.177. The lowest BCUT2D eigenvalue weighted by atomic mass is 10.0. The minimum absolute atomic E-state index is 0.177. The first-order valence-electron chi connectivity index (χ1n) is 8.19. The third kappa shape index (κ3) is 8.54. The molecular formula is C19H30O2. The van der Waals surface area contributed by atoms with Gasteiger partial charge >= 0.3 is 5.97 Å². The normalized spacial score (nSPS) is 15.8. The molecule has 0 N–H and O–H groups in total. The molecule has 0 amide bonds. The van der Waals surface area contributed by atoms with Gasteiger partial charge in [0.1, 0.15) is 0 Å². The molecule has 0 aromatic carbocycles. The summed E-state index contributed by atoms with van der Waals surface area (Å²) < 4.78 is 5.02. The van der Waals surface area contributed by atoms with Crippen molar-refractivity contribution in [1.82, 2.24) is 0 Å². The van der Waals surface area contributed by atoms with E-state index in [-0.39, 0.29) is 5.97 Å². The molecule has 0 aromatic heterocycles. The van der Waals surface area contributed by atoms with E-state index in [1.54, 1.807) is 6.08 Å². The van der Waals surface area contributed by atoms with E-state index in [1.807, 2.05) is 6.92 Å². The summed E-state index contributed by atoms with van der Waals surface area (Å²) in [6.07, 6.45) is 13.1. The van der Waals surface area contributed by atoms with Crippen molar-refractivity contribution in [3.8, 4) is 0 Å². The van der Waals surface area contributed by atoms with Crippen LogP contribution in [0.5, 0.6) is 0 Å². The van der Waals surface area contributed by atoms with E-state index < -0.39 is 0 Å². The third-order valence-corrected chi connectivity index (χ3v) is 3.71. The van der Waals surface area contributed by atoms with Crippen molar-refractivity contribution in [2.45, 2.75) is 66.2 Å². The summed E-state index contributed by atoms with van der Waals surface area (Å²) >= 11 is 0. The molecule has 0 bridgehead atoms. The van der Waals surface area contributed by atoms with Crippen LogP contribution >= 0.6 is 0 Å². The van der Waals surface area contributed by atoms with Crippen LogP contribution in [0.4, 0.5) is 0 Å². The van der Waals surface area contributed by atoms with E-state index in [0.717, 1.165) is 25.7 Å². The number of ether oxygens (including phenoxy) is 1. The summed E-state index contributed by atoms with van der Waals surface area (Å²) in [4.78, 5) is 11.6. The molecule has 1 aliphatic rings. The summed E-state index contributed by atoms with van der Waals surface area (Å²) in [6.45, 7) is 8.78. The molecule has 0 aliphatic heterocycles. The monoisotopic (exact) mass is 290 g/mol. The number of rotatable bonds is 9. The van der Waals surface area contributed by atoms with Crippen LogP contribution in [0.15, 0.2) is 34.9 Å². The smallest absolute Gasteiger partial charge is 0.330 e. The van der Waals surface area contributed by atoms with Crippen molar-refractivity contribution in [3.05, 3.63) is 34.9 Å². The van der Waals surface area contributed by atoms with Gasteiger partial charge in [-0.15, -0.1) is 0 Å². The summed E-state index contributed by atoms with van der Waals surface area (Å²) in [5, 5.41) is 0. The summed E-state index contributed by atoms with van der Waals surface area (Å²) in [7, 11) is 0. The highest BCUT2D eigenvalue weighted by molar-refractivity contribution is 5.83. The Morgan fingerprint density at radius 2 is 1.76 bits per heavy atom. The van der Waals surface area contributed by atoms with Gasteiger partial charge < -0.3 is 4.74 Å². The highest BCUT2D eigenvalue weighted by Crippen LogP contribution is 2.38. The van der Waals surface area contributed by atoms with Gasteiger partial charge in [0.2, 0.25) is 0 Å². The zero-order chi connectivity index (χ0) is 15.7. The zero-order valence-electron chi connectivity index (χ0n) is 14.1. The predicted octanol–water partition coefficient (Wildman–Crippen LogP) is 5.36. The van der Waals surface area contributed by atoms with Gasteiger partial charge in [-0.05, 0) is 72.1 Å². The Kier molecular flexibility index (Phi) is 8.11. The molecule has 0 atom stereocenters. The van der Waals surface area contributed by atoms with Gasteiger partial charge in [0, 0.05) is 6.08 Å². The molecule has 1 saturated carbocycles. The predicted molar refractivity (Wildman–Crippen MR) is 89.1 cm³/mol. The SMILES string of the molecule is CCOC(=O)/C=C(/CC/C=C(\C)CCC=C(C)C)C1CC1. The number of hydrogen-bond acceptors (Lipinski definition) is 2. The van der Waals surface area contributed by atoms with E-state index in [2.05, 4.69) is 32.9 Å². The van der Waals surface area contributed by atoms with Gasteiger partial charge in [-0.3, -0.25) is 0 Å². The van der Waals surface area contributed by atoms with Crippen molar-refractivity contribution in [3.63, 3.8) is 0 Å². The van der Waals surface area contributed by atoms with Crippen LogP contribution in [-0.2, 0) is 9.53 Å². The molecule has 2 nitrogen and oxygen atoms in total. The zero-order valence-corrected chi connectivity index (χ0v) is 14.1. The Bertz CT molecular complexity index is 419. The molecule has 0 aromatic rings. The Morgan fingerprint density at radius 1 is 1.10 bits per heavy atom. The van der Waals surface area contributed by atoms with Gasteiger partial charge in [-0.1, -0.05) is 28.9 Å². The molecule has 2 heteroatoms. The van der Waals surface area contributed by atoms with Gasteiger partial charge in [0.25, 0.3) is 0 Å². The van der Waals surface area contributed by atoms with Crippen LogP contribution in [0.1, 0.15) is 66.2 Å². The number of carbonyl (C=O) groups is 1. The highest BCUT2D eigenvalue weighted by atomic mass is 16.5. The summed E-state index contributed by atoms with van der Waals surface area (Å²) in [5.41, 5.74) is 4.11. The van der Waals surface area contributed by atoms with E-state index in [4.69, 9.17) is 4.74 Å². The molecular weight excluding hydrogens is 260 g/mol. The van der Waals surface area contributed by atoms with Crippen LogP contribution in [0.25, 0.3) is 0 Å². The fraction of sp³-hybridized carbons (Fsp3) is 0.632. The van der Waals surface area contributed by atoms with Gasteiger partial charge in [0.15, 0.2) is 0 Å². The van der Waals surface area contributed by atoms with Crippen molar-refractivity contribution < 1.29 is 9.53 Å². The van der Waals surface area contributed by atoms with E-state index in [9.17, 15) is 4.79 Å². The largest absolute Gasteiger partial charge is 0.463 e. The Balaban J connectivity index is 2.39. The highest BCUT2D eigenvalue weighted by Gasteiger charge is 2.26. The average Bonchev–Trinajstić information content (AvgIpc) is 3.21. The first kappa shape index (κ1) is 17.7. The molecule has 1 fully saturated rings. The fourth-order valence-electron chi connectivity index (χ4n) is 2.36. The minimum Gasteiger partial charge on any atom is -0.463 e. The second-order valence-corrected chi connectivity index (χ2v) is 6.15. The molecule has 21 heavy (non-hydrogen) atoms. The Morgan fingerprint density at radius 3 is 2.33 bits per heavy atom. The average molecular weight is 290 g/mol. The Labute approximate surface area is 130 Å². The van der Waals surface area contributed by atoms with E-state index >= 15 is 0 Å². The maximum absolute atomic E-state index is 11.6. The maximum Gasteiger partial charge on any atom is 0.330 e. The number of allylic oxidation sites excluding steroid dienone is 5. The lowest BCUT2D eigenvalue weighted by Crippen LogP contribution is -2.02. The topological polar surface area (TPSA) is 26.3 Å². The quantitative estimate of drug-likeness (QED) is 0.324. The molecule has 118 valence electrons. The lowest BCUT2D eigenvalue weighted by Gasteiger charge is -2.05. The van der Waals surface area contributed by atoms with Crippen LogP contribution in [0, 0.1) is 5.92 Å². The van der Waals surface area contributed by atoms with Crippen LogP contribution in [0.2, 0.25) is 0 Å². The second-order valence-electron chi connectivity index (χ2n) is 6.15. The molecule has 0 saturated heterocycles. The van der Waals surface area contributed by atoms with E-state index in [1.165, 1.54) is 29.6 Å². The van der Waals surface area contributed by atoms with Gasteiger partial charge in [-0.25, -0.2) is 4.79 Å². The van der Waals surface area contributed by atoms with Crippen molar-refractivity contribution in [2.75, 3.05) is 6.61 Å². The lowest BCUT2D eigenvalue weighted by molar-refractivity contribution is -0.137. The van der Waals surface area contributed by atoms with Crippen LogP contribution < -0.4 is 0 Å². The van der Waals surface area contributed by atoms with Crippen LogP contribution in [-0.4, -0.2) is 12.6 Å². The van der Waals surface area contributed by atoms with E-state index in [0.29, 0.717) is 12.5 Å². The standard InChI is InChI=1S/C19H30O2/c1-5-21-19(20)14-18(17-12-13-17)11-7-10-16(4)9-6-8-15(2)3/h8,10,14,17H,5-7,9,11-13H2,1-4H3/b16-10+,18-14-. The van der Waals surface area contributed by atoms with Gasteiger partial charge in [0.05, 0.1) is 6.61 Å². The Hall–Kier alpha value is -1.31. The van der Waals surface area contributed by atoms with Crippen molar-refractivity contribution in [1.29, 1.82) is 0 Å². The summed E-state index contributed by atoms with van der Waals surface area (Å²) in [5.74, 6) is 0.456.